The fourth-order valence-electron chi connectivity index (χ4n) is 3.38. The van der Waals surface area contributed by atoms with Crippen molar-refractivity contribution in [2.24, 2.45) is 5.92 Å². The number of carboxylic acids is 1. The lowest BCUT2D eigenvalue weighted by molar-refractivity contribution is -0.130. The Morgan fingerprint density at radius 3 is 2.50 bits per heavy atom. The van der Waals surface area contributed by atoms with Crippen molar-refractivity contribution < 1.29 is 27.9 Å². The molecule has 2 fully saturated rings. The van der Waals surface area contributed by atoms with E-state index in [2.05, 4.69) is 5.32 Å². The Morgan fingerprint density at radius 1 is 1.23 bits per heavy atom. The summed E-state index contributed by atoms with van der Waals surface area (Å²) in [6.07, 6.45) is 0.513. The van der Waals surface area contributed by atoms with Crippen LogP contribution in [-0.2, 0) is 26.0 Å². The summed E-state index contributed by atoms with van der Waals surface area (Å²) in [5.41, 5.74) is 0.926. The van der Waals surface area contributed by atoms with Gasteiger partial charge in [-0.3, -0.25) is 9.59 Å². The van der Waals surface area contributed by atoms with Gasteiger partial charge in [0.05, 0.1) is 23.0 Å². The van der Waals surface area contributed by atoms with Crippen molar-refractivity contribution in [1.29, 1.82) is 0 Å². The number of aromatic carboxylic acids is 1. The second-order valence-electron chi connectivity index (χ2n) is 6.72. The molecule has 2 amide bonds. The van der Waals surface area contributed by atoms with E-state index in [0.717, 1.165) is 5.56 Å². The van der Waals surface area contributed by atoms with E-state index in [9.17, 15) is 22.8 Å². The molecule has 0 aliphatic carbocycles. The molecule has 2 saturated heterocycles. The highest BCUT2D eigenvalue weighted by Crippen LogP contribution is 2.26. The van der Waals surface area contributed by atoms with E-state index >= 15 is 0 Å². The van der Waals surface area contributed by atoms with Crippen LogP contribution in [0.4, 0.5) is 0 Å². The zero-order valence-electron chi connectivity index (χ0n) is 14.1. The summed E-state index contributed by atoms with van der Waals surface area (Å²) >= 11 is 0. The van der Waals surface area contributed by atoms with Gasteiger partial charge in [0.2, 0.25) is 11.8 Å². The first-order valence-electron chi connectivity index (χ1n) is 8.35. The van der Waals surface area contributed by atoms with Crippen LogP contribution in [0.1, 0.15) is 28.8 Å². The highest BCUT2D eigenvalue weighted by Gasteiger charge is 2.41. The van der Waals surface area contributed by atoms with Gasteiger partial charge in [-0.1, -0.05) is 12.1 Å². The molecule has 140 valence electrons. The quantitative estimate of drug-likeness (QED) is 0.744. The maximum atomic E-state index is 12.3. The molecule has 0 radical (unpaired) electrons. The predicted octanol–water partition coefficient (Wildman–Crippen LogP) is 0.0366. The Labute approximate surface area is 151 Å². The van der Waals surface area contributed by atoms with Crippen molar-refractivity contribution in [3.8, 4) is 0 Å². The van der Waals surface area contributed by atoms with E-state index in [0.29, 0.717) is 6.42 Å². The number of nitrogens with zero attached hydrogens (tertiary/aromatic N) is 1. The molecule has 0 saturated carbocycles. The number of hydrogen-bond acceptors (Lipinski definition) is 5. The Bertz CT molecular complexity index is 833. The molecule has 2 N–H and O–H groups in total. The summed E-state index contributed by atoms with van der Waals surface area (Å²) in [4.78, 5) is 36.8. The Kier molecular flexibility index (Phi) is 4.99. The van der Waals surface area contributed by atoms with Crippen LogP contribution < -0.4 is 5.32 Å². The van der Waals surface area contributed by atoms with E-state index in [1.54, 1.807) is 12.1 Å². The number of carboxylic acid groups (broad SMARTS) is 1. The number of amides is 2. The Morgan fingerprint density at radius 2 is 1.92 bits per heavy atom. The van der Waals surface area contributed by atoms with Gasteiger partial charge in [0, 0.05) is 25.6 Å². The molecule has 0 aromatic heterocycles. The van der Waals surface area contributed by atoms with Crippen LogP contribution in [0.15, 0.2) is 24.3 Å². The zero-order chi connectivity index (χ0) is 18.9. The van der Waals surface area contributed by atoms with E-state index in [-0.39, 0.29) is 54.4 Å². The highest BCUT2D eigenvalue weighted by atomic mass is 32.2. The van der Waals surface area contributed by atoms with E-state index < -0.39 is 21.7 Å². The molecule has 9 heteroatoms. The molecular formula is C17H20N2O6S. The van der Waals surface area contributed by atoms with Gasteiger partial charge in [-0.2, -0.15) is 0 Å². The van der Waals surface area contributed by atoms with Crippen LogP contribution in [-0.4, -0.2) is 60.3 Å². The molecule has 1 aromatic rings. The molecule has 0 spiro atoms. The summed E-state index contributed by atoms with van der Waals surface area (Å²) in [7, 11) is -3.09. The summed E-state index contributed by atoms with van der Waals surface area (Å²) < 4.78 is 23.2. The fraction of sp³-hybridized carbons (Fsp3) is 0.471. The third-order valence-electron chi connectivity index (χ3n) is 4.85. The molecule has 2 aliphatic heterocycles. The fourth-order valence-corrected chi connectivity index (χ4v) is 5.11. The molecular weight excluding hydrogens is 360 g/mol. The lowest BCUT2D eigenvalue weighted by atomic mass is 10.1. The van der Waals surface area contributed by atoms with Crippen molar-refractivity contribution in [2.45, 2.75) is 25.4 Å². The number of carbonyl (C=O) groups excluding carboxylic acids is 2. The Hall–Kier alpha value is -2.42. The largest absolute Gasteiger partial charge is 0.478 e. The highest BCUT2D eigenvalue weighted by molar-refractivity contribution is 7.91. The van der Waals surface area contributed by atoms with Gasteiger partial charge in [-0.25, -0.2) is 13.2 Å². The van der Waals surface area contributed by atoms with Crippen molar-refractivity contribution >= 4 is 27.6 Å². The van der Waals surface area contributed by atoms with Crippen LogP contribution in [0.3, 0.4) is 0 Å². The second-order valence-corrected chi connectivity index (χ2v) is 8.95. The molecule has 2 unspecified atom stereocenters. The Balaban J connectivity index is 1.54. The van der Waals surface area contributed by atoms with Crippen molar-refractivity contribution in [1.82, 2.24) is 10.2 Å². The maximum absolute atomic E-state index is 12.3. The van der Waals surface area contributed by atoms with Gasteiger partial charge < -0.3 is 15.3 Å². The van der Waals surface area contributed by atoms with Crippen molar-refractivity contribution in [3.05, 3.63) is 35.4 Å². The van der Waals surface area contributed by atoms with E-state index in [1.165, 1.54) is 17.0 Å². The smallest absolute Gasteiger partial charge is 0.335 e. The maximum Gasteiger partial charge on any atom is 0.335 e. The number of nitrogens with one attached hydrogen (secondary N) is 1. The predicted molar refractivity (Wildman–Crippen MR) is 92.1 cm³/mol. The van der Waals surface area contributed by atoms with Crippen molar-refractivity contribution in [2.75, 3.05) is 18.1 Å². The van der Waals surface area contributed by atoms with Gasteiger partial charge >= 0.3 is 5.97 Å². The molecule has 1 aromatic carbocycles. The topological polar surface area (TPSA) is 121 Å². The second kappa shape index (κ2) is 7.06. The summed E-state index contributed by atoms with van der Waals surface area (Å²) in [6, 6.07) is 5.85. The van der Waals surface area contributed by atoms with E-state index in [4.69, 9.17) is 5.11 Å². The van der Waals surface area contributed by atoms with Gasteiger partial charge in [-0.05, 0) is 24.1 Å². The number of likely N-dealkylation sites (tertiary alicyclic amines) is 1. The number of rotatable bonds is 5. The molecule has 3 rings (SSSR count). The van der Waals surface area contributed by atoms with Crippen LogP contribution in [0.5, 0.6) is 0 Å². The lowest BCUT2D eigenvalue weighted by Gasteiger charge is -2.22. The molecule has 0 bridgehead atoms. The van der Waals surface area contributed by atoms with Gasteiger partial charge in [0.15, 0.2) is 9.84 Å². The number of hydrogen-bond donors (Lipinski definition) is 2. The molecule has 2 heterocycles. The SMILES string of the molecule is O=C(O)c1ccc(CNC(=O)C2CC(=O)N(C3CCS(=O)(=O)C3)C2)cc1. The molecule has 8 nitrogen and oxygen atoms in total. The van der Waals surface area contributed by atoms with Crippen LogP contribution in [0, 0.1) is 5.92 Å². The number of carbonyl (C=O) groups is 3. The summed E-state index contributed by atoms with van der Waals surface area (Å²) in [5, 5.41) is 11.6. The average molecular weight is 380 g/mol. The minimum Gasteiger partial charge on any atom is -0.478 e. The zero-order valence-corrected chi connectivity index (χ0v) is 14.9. The van der Waals surface area contributed by atoms with Gasteiger partial charge in [0.25, 0.3) is 0 Å². The lowest BCUT2D eigenvalue weighted by Crippen LogP contribution is -2.39. The molecule has 26 heavy (non-hydrogen) atoms. The summed E-state index contributed by atoms with van der Waals surface area (Å²) in [5.74, 6) is -1.89. The monoisotopic (exact) mass is 380 g/mol. The minimum absolute atomic E-state index is 0.0248. The number of sulfone groups is 1. The van der Waals surface area contributed by atoms with E-state index in [1.807, 2.05) is 0 Å². The third-order valence-corrected chi connectivity index (χ3v) is 6.60. The minimum atomic E-state index is -3.09. The van der Waals surface area contributed by atoms with Crippen LogP contribution in [0.2, 0.25) is 0 Å². The first-order chi connectivity index (χ1) is 12.2. The third kappa shape index (κ3) is 4.04. The number of benzene rings is 1. The standard InChI is InChI=1S/C17H20N2O6S/c20-15-7-13(9-19(15)14-5-6-26(24,25)10-14)16(21)18-8-11-1-3-12(4-2-11)17(22)23/h1-4,13-14H,5-10H2,(H,18,21)(H,22,23). The normalized spacial score (nSPS) is 24.6. The molecule has 2 atom stereocenters. The average Bonchev–Trinajstić information content (AvgIpc) is 3.15. The van der Waals surface area contributed by atoms with Crippen LogP contribution >= 0.6 is 0 Å². The summed E-state index contributed by atoms with van der Waals surface area (Å²) in [6.45, 7) is 0.476. The van der Waals surface area contributed by atoms with Crippen molar-refractivity contribution in [3.63, 3.8) is 0 Å². The van der Waals surface area contributed by atoms with Gasteiger partial charge in [-0.15, -0.1) is 0 Å². The van der Waals surface area contributed by atoms with Crippen LogP contribution in [0.25, 0.3) is 0 Å². The first-order valence-corrected chi connectivity index (χ1v) is 10.2. The molecule has 2 aliphatic rings. The first kappa shape index (κ1) is 18.4. The van der Waals surface area contributed by atoms with Gasteiger partial charge in [0.1, 0.15) is 0 Å².